The summed E-state index contributed by atoms with van der Waals surface area (Å²) in [6, 6.07) is 4.04. The number of hydrazine groups is 1. The van der Waals surface area contributed by atoms with Gasteiger partial charge in [-0.25, -0.2) is 0 Å². The Kier molecular flexibility index (Phi) is 5.84. The molecule has 0 aliphatic rings. The molecule has 3 N–H and O–H groups in total. The lowest BCUT2D eigenvalue weighted by molar-refractivity contribution is -0.121. The zero-order valence-corrected chi connectivity index (χ0v) is 13.9. The molecule has 2 aromatic rings. The summed E-state index contributed by atoms with van der Waals surface area (Å²) in [7, 11) is 0. The number of hydrogen-bond acceptors (Lipinski definition) is 6. The van der Waals surface area contributed by atoms with Crippen LogP contribution in [0.1, 0.15) is 26.2 Å². The maximum absolute atomic E-state index is 11.7. The van der Waals surface area contributed by atoms with Crippen LogP contribution in [0.15, 0.2) is 22.0 Å². The quantitative estimate of drug-likeness (QED) is 0.563. The van der Waals surface area contributed by atoms with Crippen LogP contribution in [0, 0.1) is 0 Å². The van der Waals surface area contributed by atoms with Gasteiger partial charge < -0.3 is 9.84 Å². The van der Waals surface area contributed by atoms with E-state index in [2.05, 4.69) is 26.3 Å². The van der Waals surface area contributed by atoms with Crippen LogP contribution in [0.3, 0.4) is 0 Å². The average Bonchev–Trinajstić information content (AvgIpc) is 3.12. The predicted octanol–water partition coefficient (Wildman–Crippen LogP) is 1.63. The van der Waals surface area contributed by atoms with Crippen molar-refractivity contribution in [2.24, 2.45) is 0 Å². The molecule has 0 aromatic carbocycles. The zero-order valence-electron chi connectivity index (χ0n) is 12.3. The summed E-state index contributed by atoms with van der Waals surface area (Å²) in [6.45, 7) is 3.91. The number of carbonyl (C=O) groups excluding carboxylic acids is 1. The molecule has 2 aromatic heterocycles. The second-order valence-electron chi connectivity index (χ2n) is 4.79. The number of rotatable bonds is 5. The fraction of sp³-hybridized carbons (Fsp3) is 0.385. The van der Waals surface area contributed by atoms with Gasteiger partial charge in [-0.1, -0.05) is 11.2 Å². The molecule has 2 rings (SSSR count). The normalized spacial score (nSPS) is 10.5. The topological polar surface area (TPSA) is 92.1 Å². The van der Waals surface area contributed by atoms with Crippen molar-refractivity contribution in [3.05, 3.63) is 23.4 Å². The van der Waals surface area contributed by atoms with E-state index in [-0.39, 0.29) is 18.4 Å². The van der Waals surface area contributed by atoms with Crippen LogP contribution in [0.4, 0.5) is 0 Å². The van der Waals surface area contributed by atoms with E-state index >= 15 is 0 Å². The summed E-state index contributed by atoms with van der Waals surface area (Å²) in [4.78, 5) is 16.9. The Labute approximate surface area is 137 Å². The second kappa shape index (κ2) is 7.85. The van der Waals surface area contributed by atoms with Gasteiger partial charge >= 0.3 is 0 Å². The van der Waals surface area contributed by atoms with Gasteiger partial charge in [0.2, 0.25) is 17.6 Å². The highest BCUT2D eigenvalue weighted by atomic mass is 32.1. The summed E-state index contributed by atoms with van der Waals surface area (Å²) in [6.07, 6.45) is 0.597. The Bertz CT molecular complexity index is 624. The summed E-state index contributed by atoms with van der Waals surface area (Å²) in [5.74, 6) is 0.774. The maximum Gasteiger partial charge on any atom is 0.238 e. The van der Waals surface area contributed by atoms with E-state index in [1.54, 1.807) is 0 Å². The third-order valence-electron chi connectivity index (χ3n) is 2.51. The minimum Gasteiger partial charge on any atom is -0.359 e. The number of amides is 1. The van der Waals surface area contributed by atoms with Crippen LogP contribution in [0.25, 0.3) is 10.7 Å². The Morgan fingerprint density at radius 1 is 1.45 bits per heavy atom. The Hall–Kier alpha value is -2.00. The molecular formula is C13H17N5O2S2. The van der Waals surface area contributed by atoms with E-state index < -0.39 is 0 Å². The molecule has 0 radical (unpaired) electrons. The van der Waals surface area contributed by atoms with Gasteiger partial charge in [-0.05, 0) is 37.5 Å². The van der Waals surface area contributed by atoms with Crippen molar-refractivity contribution in [1.29, 1.82) is 0 Å². The van der Waals surface area contributed by atoms with Gasteiger partial charge in [0.25, 0.3) is 0 Å². The summed E-state index contributed by atoms with van der Waals surface area (Å²) in [5.41, 5.74) is 5.15. The first-order chi connectivity index (χ1) is 10.5. The van der Waals surface area contributed by atoms with Crippen LogP contribution in [0.2, 0.25) is 0 Å². The molecule has 9 heteroatoms. The summed E-state index contributed by atoms with van der Waals surface area (Å²) < 4.78 is 5.12. The van der Waals surface area contributed by atoms with Gasteiger partial charge in [-0.15, -0.1) is 11.3 Å². The molecule has 1 amide bonds. The molecule has 0 unspecified atom stereocenters. The van der Waals surface area contributed by atoms with Crippen LogP contribution in [-0.2, 0) is 11.2 Å². The Balaban J connectivity index is 1.74. The Morgan fingerprint density at radius 2 is 2.27 bits per heavy atom. The van der Waals surface area contributed by atoms with E-state index in [9.17, 15) is 4.79 Å². The molecule has 0 saturated heterocycles. The molecule has 7 nitrogen and oxygen atoms in total. The molecule has 0 aliphatic carbocycles. The van der Waals surface area contributed by atoms with Crippen molar-refractivity contribution in [2.75, 3.05) is 0 Å². The largest absolute Gasteiger partial charge is 0.359 e. The SMILES string of the molecule is CC(C)NC(=S)NNC(=O)CCc1nc(-c2cccs2)no1. The number of thiocarbonyl (C=S) groups is 1. The van der Waals surface area contributed by atoms with Crippen molar-refractivity contribution in [1.82, 2.24) is 26.3 Å². The van der Waals surface area contributed by atoms with Crippen molar-refractivity contribution in [2.45, 2.75) is 32.7 Å². The Morgan fingerprint density at radius 3 is 2.95 bits per heavy atom. The predicted molar refractivity (Wildman–Crippen MR) is 88.1 cm³/mol. The highest BCUT2D eigenvalue weighted by Gasteiger charge is 2.11. The minimum atomic E-state index is -0.205. The van der Waals surface area contributed by atoms with Crippen molar-refractivity contribution in [3.63, 3.8) is 0 Å². The van der Waals surface area contributed by atoms with Gasteiger partial charge in [-0.2, -0.15) is 4.98 Å². The monoisotopic (exact) mass is 339 g/mol. The van der Waals surface area contributed by atoms with Crippen molar-refractivity contribution < 1.29 is 9.32 Å². The zero-order chi connectivity index (χ0) is 15.9. The molecule has 0 bridgehead atoms. The number of aromatic nitrogens is 2. The van der Waals surface area contributed by atoms with E-state index in [0.717, 1.165) is 4.88 Å². The maximum atomic E-state index is 11.7. The summed E-state index contributed by atoms with van der Waals surface area (Å²) >= 11 is 6.53. The first kappa shape index (κ1) is 16.4. The van der Waals surface area contributed by atoms with Gasteiger partial charge in [-0.3, -0.25) is 15.6 Å². The highest BCUT2D eigenvalue weighted by Crippen LogP contribution is 2.21. The minimum absolute atomic E-state index is 0.200. The fourth-order valence-electron chi connectivity index (χ4n) is 1.57. The molecule has 0 spiro atoms. The number of carbonyl (C=O) groups is 1. The van der Waals surface area contributed by atoms with E-state index in [4.69, 9.17) is 16.7 Å². The molecule has 0 fully saturated rings. The first-order valence-electron chi connectivity index (χ1n) is 6.76. The molecule has 118 valence electrons. The number of nitrogens with one attached hydrogen (secondary N) is 3. The van der Waals surface area contributed by atoms with Gasteiger partial charge in [0.1, 0.15) is 0 Å². The fourth-order valence-corrected chi connectivity index (χ4v) is 2.51. The second-order valence-corrected chi connectivity index (χ2v) is 6.15. The molecule has 0 saturated carbocycles. The van der Waals surface area contributed by atoms with Gasteiger partial charge in [0.15, 0.2) is 5.11 Å². The third kappa shape index (κ3) is 5.08. The molecule has 0 aliphatic heterocycles. The van der Waals surface area contributed by atoms with Crippen LogP contribution < -0.4 is 16.2 Å². The van der Waals surface area contributed by atoms with Crippen molar-refractivity contribution >= 4 is 34.6 Å². The number of aryl methyl sites for hydroxylation is 1. The van der Waals surface area contributed by atoms with Crippen LogP contribution in [0.5, 0.6) is 0 Å². The van der Waals surface area contributed by atoms with Gasteiger partial charge in [0.05, 0.1) is 4.88 Å². The molecule has 22 heavy (non-hydrogen) atoms. The number of nitrogens with zero attached hydrogens (tertiary/aromatic N) is 2. The lowest BCUT2D eigenvalue weighted by Gasteiger charge is -2.13. The van der Waals surface area contributed by atoms with E-state index in [1.165, 1.54) is 11.3 Å². The third-order valence-corrected chi connectivity index (χ3v) is 3.60. The van der Waals surface area contributed by atoms with Gasteiger partial charge in [0, 0.05) is 18.9 Å². The lowest BCUT2D eigenvalue weighted by Crippen LogP contribution is -2.48. The van der Waals surface area contributed by atoms with Crippen molar-refractivity contribution in [3.8, 4) is 10.7 Å². The number of hydrogen-bond donors (Lipinski definition) is 3. The average molecular weight is 339 g/mol. The first-order valence-corrected chi connectivity index (χ1v) is 8.05. The van der Waals surface area contributed by atoms with Crippen LogP contribution in [-0.4, -0.2) is 27.2 Å². The lowest BCUT2D eigenvalue weighted by atomic mass is 10.3. The van der Waals surface area contributed by atoms with Crippen LogP contribution >= 0.6 is 23.6 Å². The smallest absolute Gasteiger partial charge is 0.238 e. The molecule has 0 atom stereocenters. The highest BCUT2D eigenvalue weighted by molar-refractivity contribution is 7.80. The standard InChI is InChI=1S/C13H17N5O2S2/c1-8(2)14-13(21)17-16-10(19)5-6-11-15-12(18-20-11)9-4-3-7-22-9/h3-4,7-8H,5-6H2,1-2H3,(H,16,19)(H2,14,17,21). The molecular weight excluding hydrogens is 322 g/mol. The summed E-state index contributed by atoms with van der Waals surface area (Å²) in [5, 5.41) is 9.17. The number of thiophene rings is 1. The molecule has 2 heterocycles. The van der Waals surface area contributed by atoms with E-state index in [0.29, 0.717) is 23.2 Å². The van der Waals surface area contributed by atoms with E-state index in [1.807, 2.05) is 31.4 Å².